The van der Waals surface area contributed by atoms with Gasteiger partial charge in [-0.3, -0.25) is 10.1 Å². The van der Waals surface area contributed by atoms with Gasteiger partial charge in [0, 0.05) is 6.08 Å². The molecule has 1 saturated heterocycles. The van der Waals surface area contributed by atoms with Gasteiger partial charge in [0.05, 0.1) is 31.9 Å². The van der Waals surface area contributed by atoms with Crippen molar-refractivity contribution in [3.05, 3.63) is 34.7 Å². The van der Waals surface area contributed by atoms with Crippen molar-refractivity contribution in [2.45, 2.75) is 19.8 Å². The van der Waals surface area contributed by atoms with Gasteiger partial charge in [-0.1, -0.05) is 13.3 Å². The van der Waals surface area contributed by atoms with Crippen LogP contribution >= 0.6 is 11.8 Å². The summed E-state index contributed by atoms with van der Waals surface area (Å²) in [5.41, 5.74) is 0.770. The molecule has 0 saturated carbocycles. The summed E-state index contributed by atoms with van der Waals surface area (Å²) < 4.78 is 15.5. The average molecular weight is 391 g/mol. The van der Waals surface area contributed by atoms with Gasteiger partial charge in [0.2, 0.25) is 0 Å². The van der Waals surface area contributed by atoms with E-state index in [4.69, 9.17) is 9.47 Å². The van der Waals surface area contributed by atoms with Crippen LogP contribution in [0.25, 0.3) is 0 Å². The monoisotopic (exact) mass is 391 g/mol. The number of methoxy groups -OCH3 is 2. The van der Waals surface area contributed by atoms with Gasteiger partial charge in [-0.05, 0) is 41.9 Å². The van der Waals surface area contributed by atoms with Crippen molar-refractivity contribution >= 4 is 35.0 Å². The molecular formula is C18H21N3O5S. The second kappa shape index (κ2) is 10.4. The van der Waals surface area contributed by atoms with Crippen molar-refractivity contribution in [1.82, 2.24) is 5.32 Å². The van der Waals surface area contributed by atoms with E-state index in [2.05, 4.69) is 27.2 Å². The highest BCUT2D eigenvalue weighted by atomic mass is 32.2. The Balaban J connectivity index is 2.06. The van der Waals surface area contributed by atoms with E-state index in [1.54, 1.807) is 19.2 Å². The number of carbonyl (C=O) groups is 2. The van der Waals surface area contributed by atoms with E-state index in [0.29, 0.717) is 18.1 Å². The van der Waals surface area contributed by atoms with Crippen molar-refractivity contribution in [1.29, 1.82) is 0 Å². The molecule has 1 N–H and O–H groups in total. The van der Waals surface area contributed by atoms with E-state index in [1.165, 1.54) is 13.3 Å². The van der Waals surface area contributed by atoms with Gasteiger partial charge in [0.25, 0.3) is 5.91 Å². The first-order valence-corrected chi connectivity index (χ1v) is 9.09. The lowest BCUT2D eigenvalue weighted by molar-refractivity contribution is -0.135. The normalized spacial score (nSPS) is 16.8. The number of benzene rings is 1. The molecule has 0 atom stereocenters. The van der Waals surface area contributed by atoms with Crippen LogP contribution in [0.3, 0.4) is 0 Å². The second-order valence-corrected chi connectivity index (χ2v) is 6.38. The number of ether oxygens (including phenoxy) is 3. The maximum absolute atomic E-state index is 11.7. The standard InChI is InChI=1S/C18H21N3O5S/c1-4-5-8-26-14-9-12(6-7-13(14)24-2)11-19-21-18-20-17(23)15(27-18)10-16(22)25-3/h6-7,9-11H,4-5,8H2,1-3H3,(H,20,21,23)/b15-10+,19-11?. The van der Waals surface area contributed by atoms with Gasteiger partial charge in [-0.25, -0.2) is 4.79 Å². The summed E-state index contributed by atoms with van der Waals surface area (Å²) in [6.45, 7) is 2.70. The Morgan fingerprint density at radius 3 is 2.81 bits per heavy atom. The minimum Gasteiger partial charge on any atom is -0.493 e. The van der Waals surface area contributed by atoms with Crippen molar-refractivity contribution in [2.75, 3.05) is 20.8 Å². The number of hydrogen-bond donors (Lipinski definition) is 1. The van der Waals surface area contributed by atoms with E-state index in [9.17, 15) is 9.59 Å². The van der Waals surface area contributed by atoms with Crippen molar-refractivity contribution in [3.8, 4) is 11.5 Å². The molecular weight excluding hydrogens is 370 g/mol. The predicted octanol–water partition coefficient (Wildman–Crippen LogP) is 2.48. The van der Waals surface area contributed by atoms with Crippen LogP contribution in [0.4, 0.5) is 0 Å². The third-order valence-electron chi connectivity index (χ3n) is 3.40. The Bertz CT molecular complexity index is 789. The molecule has 1 aromatic carbocycles. The number of amides is 1. The minimum atomic E-state index is -0.605. The Morgan fingerprint density at radius 1 is 1.30 bits per heavy atom. The zero-order valence-electron chi connectivity index (χ0n) is 15.4. The summed E-state index contributed by atoms with van der Waals surface area (Å²) in [5.74, 6) is 0.252. The quantitative estimate of drug-likeness (QED) is 0.240. The first kappa shape index (κ1) is 20.5. The molecule has 0 aliphatic carbocycles. The topological polar surface area (TPSA) is 98.6 Å². The SMILES string of the molecule is CCCCOc1cc(C=N/N=C2/NC(=O)/C(=C\C(=O)OC)S2)ccc1OC. The van der Waals surface area contributed by atoms with Crippen LogP contribution in [0.1, 0.15) is 25.3 Å². The van der Waals surface area contributed by atoms with E-state index in [-0.39, 0.29) is 10.1 Å². The maximum atomic E-state index is 11.7. The molecule has 0 bridgehead atoms. The van der Waals surface area contributed by atoms with Gasteiger partial charge < -0.3 is 14.2 Å². The number of nitrogens with zero attached hydrogens (tertiary/aromatic N) is 2. The van der Waals surface area contributed by atoms with Gasteiger partial charge in [0.15, 0.2) is 16.7 Å². The molecule has 2 rings (SSSR count). The number of amidine groups is 1. The minimum absolute atomic E-state index is 0.201. The largest absolute Gasteiger partial charge is 0.493 e. The second-order valence-electron chi connectivity index (χ2n) is 5.35. The molecule has 9 heteroatoms. The molecule has 1 amide bonds. The van der Waals surface area contributed by atoms with Gasteiger partial charge in [-0.15, -0.1) is 5.10 Å². The molecule has 0 spiro atoms. The molecule has 0 aromatic heterocycles. The van der Waals surface area contributed by atoms with Crippen LogP contribution in [0.2, 0.25) is 0 Å². The summed E-state index contributed by atoms with van der Waals surface area (Å²) in [7, 11) is 2.83. The maximum Gasteiger partial charge on any atom is 0.331 e. The Morgan fingerprint density at radius 2 is 2.11 bits per heavy atom. The first-order chi connectivity index (χ1) is 13.1. The number of rotatable bonds is 8. The van der Waals surface area contributed by atoms with Gasteiger partial charge in [-0.2, -0.15) is 5.10 Å². The molecule has 27 heavy (non-hydrogen) atoms. The van der Waals surface area contributed by atoms with E-state index in [0.717, 1.165) is 36.2 Å². The summed E-state index contributed by atoms with van der Waals surface area (Å²) >= 11 is 1.01. The molecule has 1 heterocycles. The van der Waals surface area contributed by atoms with Gasteiger partial charge in [0.1, 0.15) is 0 Å². The summed E-state index contributed by atoms with van der Waals surface area (Å²) in [5, 5.41) is 10.7. The summed E-state index contributed by atoms with van der Waals surface area (Å²) in [6, 6.07) is 5.42. The molecule has 0 radical (unpaired) electrons. The zero-order valence-corrected chi connectivity index (χ0v) is 16.2. The molecule has 1 aliphatic heterocycles. The highest BCUT2D eigenvalue weighted by molar-refractivity contribution is 8.18. The van der Waals surface area contributed by atoms with E-state index >= 15 is 0 Å². The number of thioether (sulfide) groups is 1. The lowest BCUT2D eigenvalue weighted by Crippen LogP contribution is -2.19. The van der Waals surface area contributed by atoms with Crippen molar-refractivity contribution in [2.24, 2.45) is 10.2 Å². The highest BCUT2D eigenvalue weighted by Gasteiger charge is 2.24. The third-order valence-corrected chi connectivity index (χ3v) is 4.30. The summed E-state index contributed by atoms with van der Waals surface area (Å²) in [4.78, 5) is 23.2. The lowest BCUT2D eigenvalue weighted by Gasteiger charge is -2.10. The van der Waals surface area contributed by atoms with Crippen LogP contribution in [-0.4, -0.2) is 44.1 Å². The van der Waals surface area contributed by atoms with Crippen LogP contribution < -0.4 is 14.8 Å². The predicted molar refractivity (Wildman–Crippen MR) is 104 cm³/mol. The number of carbonyl (C=O) groups excluding carboxylic acids is 2. The zero-order chi connectivity index (χ0) is 19.6. The molecule has 1 fully saturated rings. The van der Waals surface area contributed by atoms with Crippen LogP contribution in [-0.2, 0) is 14.3 Å². The third kappa shape index (κ3) is 6.14. The van der Waals surface area contributed by atoms with Crippen LogP contribution in [0, 0.1) is 0 Å². The van der Waals surface area contributed by atoms with E-state index in [1.807, 2.05) is 6.07 Å². The Hall–Kier alpha value is -2.81. The number of unbranched alkanes of at least 4 members (excludes halogenated alkanes) is 1. The molecule has 144 valence electrons. The molecule has 1 aliphatic rings. The number of nitrogens with one attached hydrogen (secondary N) is 1. The fourth-order valence-corrected chi connectivity index (χ4v) is 2.74. The van der Waals surface area contributed by atoms with Crippen LogP contribution in [0.15, 0.2) is 39.4 Å². The van der Waals surface area contributed by atoms with E-state index < -0.39 is 11.9 Å². The number of esters is 1. The highest BCUT2D eigenvalue weighted by Crippen LogP contribution is 2.28. The Kier molecular flexibility index (Phi) is 7.87. The average Bonchev–Trinajstić information content (AvgIpc) is 3.01. The van der Waals surface area contributed by atoms with Crippen molar-refractivity contribution < 1.29 is 23.8 Å². The van der Waals surface area contributed by atoms with Crippen molar-refractivity contribution in [3.63, 3.8) is 0 Å². The lowest BCUT2D eigenvalue weighted by atomic mass is 10.2. The Labute approximate surface area is 161 Å². The first-order valence-electron chi connectivity index (χ1n) is 8.28. The fourth-order valence-electron chi connectivity index (χ4n) is 2.00. The molecule has 1 aromatic rings. The smallest absolute Gasteiger partial charge is 0.331 e. The van der Waals surface area contributed by atoms with Gasteiger partial charge >= 0.3 is 5.97 Å². The van der Waals surface area contributed by atoms with Crippen LogP contribution in [0.5, 0.6) is 11.5 Å². The fraction of sp³-hybridized carbons (Fsp3) is 0.333. The summed E-state index contributed by atoms with van der Waals surface area (Å²) in [6.07, 6.45) is 4.63. The molecule has 0 unspecified atom stereocenters. The number of hydrogen-bond acceptors (Lipinski definition) is 8. The molecule has 8 nitrogen and oxygen atoms in total.